The number of imide groups is 1. The van der Waals surface area contributed by atoms with E-state index in [9.17, 15) is 14.4 Å². The molecule has 0 aliphatic carbocycles. The lowest BCUT2D eigenvalue weighted by molar-refractivity contribution is -0.116. The third-order valence-electron chi connectivity index (χ3n) is 5.75. The molecular weight excluding hydrogens is 418 g/mol. The molecule has 1 N–H and O–H groups in total. The second-order valence-corrected chi connectivity index (χ2v) is 8.07. The van der Waals surface area contributed by atoms with Crippen LogP contribution in [0, 0.1) is 6.92 Å². The van der Waals surface area contributed by atoms with E-state index in [1.54, 1.807) is 6.07 Å². The molecule has 0 spiro atoms. The van der Waals surface area contributed by atoms with Crippen LogP contribution in [0.25, 0.3) is 21.7 Å². The minimum absolute atomic E-state index is 0.0856. The molecule has 0 radical (unpaired) electrons. The van der Waals surface area contributed by atoms with Gasteiger partial charge in [-0.1, -0.05) is 42.0 Å². The zero-order valence-electron chi connectivity index (χ0n) is 18.2. The topological polar surface area (TPSA) is 88.6 Å². The van der Waals surface area contributed by atoms with Gasteiger partial charge in [-0.3, -0.25) is 19.3 Å². The number of fused-ring (bicyclic) bond motifs is 4. The largest absolute Gasteiger partial charge is 0.378 e. The summed E-state index contributed by atoms with van der Waals surface area (Å²) in [6.07, 6.45) is 0. The first-order valence-electron chi connectivity index (χ1n) is 10.5. The standard InChI is InChI=1S/C26H21N3O4/c1-15-7-10-20-19(11-15)23-24(21(28-20)14-33-2)26(32)29(25(23)31)13-22(30)27-18-9-8-16-5-3-4-6-17(16)12-18/h3-12H,13-14H2,1-2H3,(H,27,30). The van der Waals surface area contributed by atoms with Crippen molar-refractivity contribution >= 4 is 45.1 Å². The number of nitrogens with zero attached hydrogens (tertiary/aromatic N) is 2. The number of methoxy groups -OCH3 is 1. The Morgan fingerprint density at radius 2 is 1.73 bits per heavy atom. The first-order chi connectivity index (χ1) is 16.0. The number of carbonyl (C=O) groups is 3. The number of aromatic nitrogens is 1. The number of ether oxygens (including phenoxy) is 1. The van der Waals surface area contributed by atoms with Crippen molar-refractivity contribution in [2.45, 2.75) is 13.5 Å². The molecule has 0 unspecified atom stereocenters. The maximum atomic E-state index is 13.3. The number of carbonyl (C=O) groups excluding carboxylic acids is 3. The molecule has 7 nitrogen and oxygen atoms in total. The van der Waals surface area contributed by atoms with Crippen molar-refractivity contribution in [1.82, 2.24) is 9.88 Å². The first-order valence-corrected chi connectivity index (χ1v) is 10.5. The monoisotopic (exact) mass is 439 g/mol. The predicted octanol–water partition coefficient (Wildman–Crippen LogP) is 4.08. The Hall–Kier alpha value is -4.10. The Labute approximate surface area is 190 Å². The van der Waals surface area contributed by atoms with E-state index in [0.717, 1.165) is 21.2 Å². The number of pyridine rings is 1. The molecule has 1 aliphatic heterocycles. The average Bonchev–Trinajstić information content (AvgIpc) is 3.05. The van der Waals surface area contributed by atoms with Gasteiger partial charge in [-0.2, -0.15) is 0 Å². The van der Waals surface area contributed by atoms with Gasteiger partial charge in [0.2, 0.25) is 5.91 Å². The molecule has 0 bridgehead atoms. The van der Waals surface area contributed by atoms with Gasteiger partial charge >= 0.3 is 0 Å². The highest BCUT2D eigenvalue weighted by atomic mass is 16.5. The van der Waals surface area contributed by atoms with E-state index in [4.69, 9.17) is 4.74 Å². The number of nitrogens with one attached hydrogen (secondary N) is 1. The molecular formula is C26H21N3O4. The Balaban J connectivity index is 1.46. The van der Waals surface area contributed by atoms with Crippen LogP contribution in [0.1, 0.15) is 32.0 Å². The van der Waals surface area contributed by atoms with Gasteiger partial charge < -0.3 is 10.1 Å². The fraction of sp³-hybridized carbons (Fsp3) is 0.154. The van der Waals surface area contributed by atoms with Gasteiger partial charge in [-0.15, -0.1) is 0 Å². The molecule has 0 saturated carbocycles. The van der Waals surface area contributed by atoms with E-state index in [0.29, 0.717) is 22.3 Å². The van der Waals surface area contributed by atoms with Gasteiger partial charge in [-0.25, -0.2) is 4.98 Å². The van der Waals surface area contributed by atoms with Crippen LogP contribution in [0.4, 0.5) is 5.69 Å². The van der Waals surface area contributed by atoms with Gasteiger partial charge in [0.25, 0.3) is 11.8 Å². The van der Waals surface area contributed by atoms with Crippen LogP contribution < -0.4 is 5.32 Å². The molecule has 33 heavy (non-hydrogen) atoms. The first kappa shape index (κ1) is 20.8. The van der Waals surface area contributed by atoms with Crippen LogP contribution >= 0.6 is 0 Å². The molecule has 1 aromatic heterocycles. The summed E-state index contributed by atoms with van der Waals surface area (Å²) in [5.74, 6) is -1.49. The number of benzene rings is 3. The Bertz CT molecular complexity index is 1460. The van der Waals surface area contributed by atoms with Crippen LogP contribution in [0.3, 0.4) is 0 Å². The van der Waals surface area contributed by atoms with Gasteiger partial charge in [-0.05, 0) is 42.0 Å². The zero-order chi connectivity index (χ0) is 23.1. The number of anilines is 1. The molecule has 4 aromatic rings. The van der Waals surface area contributed by atoms with Gasteiger partial charge in [0, 0.05) is 18.2 Å². The number of amides is 3. The van der Waals surface area contributed by atoms with Crippen LogP contribution in [0.2, 0.25) is 0 Å². The molecule has 164 valence electrons. The van der Waals surface area contributed by atoms with E-state index in [2.05, 4.69) is 10.3 Å². The van der Waals surface area contributed by atoms with E-state index in [1.165, 1.54) is 7.11 Å². The third kappa shape index (κ3) is 3.62. The predicted molar refractivity (Wildman–Crippen MR) is 125 cm³/mol. The second kappa shape index (κ2) is 8.11. The molecule has 5 rings (SSSR count). The van der Waals surface area contributed by atoms with Crippen molar-refractivity contribution in [3.63, 3.8) is 0 Å². The quantitative estimate of drug-likeness (QED) is 0.474. The van der Waals surface area contributed by atoms with E-state index in [1.807, 2.05) is 61.5 Å². The molecule has 3 aromatic carbocycles. The summed E-state index contributed by atoms with van der Waals surface area (Å²) in [7, 11) is 1.50. The minimum atomic E-state index is -0.536. The number of rotatable bonds is 5. The third-order valence-corrected chi connectivity index (χ3v) is 5.75. The lowest BCUT2D eigenvalue weighted by Gasteiger charge is -2.14. The fourth-order valence-electron chi connectivity index (χ4n) is 4.24. The summed E-state index contributed by atoms with van der Waals surface area (Å²) >= 11 is 0. The molecule has 7 heteroatoms. The molecule has 3 amide bonds. The molecule has 1 aliphatic rings. The van der Waals surface area contributed by atoms with Gasteiger partial charge in [0.1, 0.15) is 6.54 Å². The Morgan fingerprint density at radius 3 is 2.52 bits per heavy atom. The van der Waals surface area contributed by atoms with Crippen LogP contribution in [-0.4, -0.2) is 41.3 Å². The second-order valence-electron chi connectivity index (χ2n) is 8.07. The SMILES string of the molecule is COCc1nc2ccc(C)cc2c2c1C(=O)N(CC(=O)Nc1ccc3ccccc3c1)C2=O. The van der Waals surface area contributed by atoms with Crippen molar-refractivity contribution in [1.29, 1.82) is 0 Å². The van der Waals surface area contributed by atoms with Crippen LogP contribution in [0.15, 0.2) is 60.7 Å². The summed E-state index contributed by atoms with van der Waals surface area (Å²) < 4.78 is 5.22. The number of hydrogen-bond acceptors (Lipinski definition) is 5. The highest BCUT2D eigenvalue weighted by Crippen LogP contribution is 2.32. The molecule has 2 heterocycles. The zero-order valence-corrected chi connectivity index (χ0v) is 18.2. The smallest absolute Gasteiger partial charge is 0.264 e. The van der Waals surface area contributed by atoms with Crippen LogP contribution in [0.5, 0.6) is 0 Å². The van der Waals surface area contributed by atoms with E-state index in [-0.39, 0.29) is 24.3 Å². The lowest BCUT2D eigenvalue weighted by Crippen LogP contribution is -2.37. The number of aryl methyl sites for hydroxylation is 1. The van der Waals surface area contributed by atoms with Crippen molar-refractivity contribution in [3.8, 4) is 0 Å². The Kier molecular flexibility index (Phi) is 5.11. The van der Waals surface area contributed by atoms with Crippen molar-refractivity contribution in [2.75, 3.05) is 19.0 Å². The Morgan fingerprint density at radius 1 is 0.970 bits per heavy atom. The van der Waals surface area contributed by atoms with Crippen molar-refractivity contribution in [3.05, 3.63) is 83.0 Å². The normalized spacial score (nSPS) is 13.1. The highest BCUT2D eigenvalue weighted by Gasteiger charge is 2.40. The molecule has 0 saturated heterocycles. The number of hydrogen-bond donors (Lipinski definition) is 1. The van der Waals surface area contributed by atoms with E-state index >= 15 is 0 Å². The summed E-state index contributed by atoms with van der Waals surface area (Å²) in [6, 6.07) is 18.9. The maximum absolute atomic E-state index is 13.3. The molecule has 0 atom stereocenters. The maximum Gasteiger partial charge on any atom is 0.264 e. The van der Waals surface area contributed by atoms with Crippen molar-refractivity contribution < 1.29 is 19.1 Å². The van der Waals surface area contributed by atoms with Gasteiger partial charge in [0.05, 0.1) is 28.9 Å². The minimum Gasteiger partial charge on any atom is -0.378 e. The highest BCUT2D eigenvalue weighted by molar-refractivity contribution is 6.27. The van der Waals surface area contributed by atoms with Crippen molar-refractivity contribution in [2.24, 2.45) is 0 Å². The average molecular weight is 439 g/mol. The fourth-order valence-corrected chi connectivity index (χ4v) is 4.24. The summed E-state index contributed by atoms with van der Waals surface area (Å²) in [5.41, 5.74) is 3.02. The summed E-state index contributed by atoms with van der Waals surface area (Å²) in [4.78, 5) is 44.8. The van der Waals surface area contributed by atoms with Gasteiger partial charge in [0.15, 0.2) is 0 Å². The summed E-state index contributed by atoms with van der Waals surface area (Å²) in [6.45, 7) is 1.60. The van der Waals surface area contributed by atoms with E-state index < -0.39 is 17.7 Å². The van der Waals surface area contributed by atoms with Crippen LogP contribution in [-0.2, 0) is 16.1 Å². The molecule has 0 fully saturated rings. The summed E-state index contributed by atoms with van der Waals surface area (Å²) in [5, 5.41) is 5.42. The lowest BCUT2D eigenvalue weighted by atomic mass is 10.0.